The van der Waals surface area contributed by atoms with Gasteiger partial charge in [0, 0.05) is 11.1 Å². The molecule has 3 rings (SSSR count). The summed E-state index contributed by atoms with van der Waals surface area (Å²) in [6.07, 6.45) is 9.48. The molecule has 1 nitrogen and oxygen atoms in total. The fraction of sp³-hybridized carbons (Fsp3) is 0.174. The summed E-state index contributed by atoms with van der Waals surface area (Å²) in [6, 6.07) is 9.78. The van der Waals surface area contributed by atoms with Crippen molar-refractivity contribution in [2.45, 2.75) is 20.3 Å². The van der Waals surface area contributed by atoms with Crippen LogP contribution < -0.4 is 0 Å². The third-order valence-electron chi connectivity index (χ3n) is 4.82. The van der Waals surface area contributed by atoms with E-state index in [9.17, 15) is 13.6 Å². The molecule has 0 aromatic heterocycles. The van der Waals surface area contributed by atoms with Crippen molar-refractivity contribution in [1.29, 1.82) is 0 Å². The SMILES string of the molecule is Cc1c(/C=C/C2=CC(C=O)=CCC2C)cccc1-c1cccc(F)c1F. The first-order chi connectivity index (χ1) is 12.5. The van der Waals surface area contributed by atoms with E-state index in [-0.39, 0.29) is 5.56 Å². The Kier molecular flexibility index (Phi) is 5.27. The number of carbonyl (C=O) groups is 1. The molecule has 0 fully saturated rings. The van der Waals surface area contributed by atoms with Crippen molar-refractivity contribution in [2.24, 2.45) is 5.92 Å². The lowest BCUT2D eigenvalue weighted by Gasteiger charge is -2.16. The number of hydrogen-bond donors (Lipinski definition) is 0. The lowest BCUT2D eigenvalue weighted by atomic mass is 9.89. The smallest absolute Gasteiger partial charge is 0.166 e. The molecule has 132 valence electrons. The van der Waals surface area contributed by atoms with Gasteiger partial charge in [-0.2, -0.15) is 0 Å². The molecule has 0 N–H and O–H groups in total. The topological polar surface area (TPSA) is 17.1 Å². The molecule has 0 radical (unpaired) electrons. The van der Waals surface area contributed by atoms with Crippen LogP contribution >= 0.6 is 0 Å². The summed E-state index contributed by atoms with van der Waals surface area (Å²) in [5.74, 6) is -1.35. The van der Waals surface area contributed by atoms with Crippen LogP contribution in [0.3, 0.4) is 0 Å². The molecule has 0 saturated carbocycles. The summed E-state index contributed by atoms with van der Waals surface area (Å²) in [5, 5.41) is 0. The van der Waals surface area contributed by atoms with E-state index in [4.69, 9.17) is 0 Å². The van der Waals surface area contributed by atoms with Crippen molar-refractivity contribution in [2.75, 3.05) is 0 Å². The standard InChI is InChI=1S/C23H20F2O/c1-15-9-10-17(14-26)13-19(15)12-11-18-5-3-6-20(16(18)2)21-7-4-8-22(24)23(21)25/h3-8,10-15H,9H2,1-2H3/b12-11+. The highest BCUT2D eigenvalue weighted by molar-refractivity contribution is 5.79. The Balaban J connectivity index is 1.98. The molecule has 0 aliphatic heterocycles. The highest BCUT2D eigenvalue weighted by Gasteiger charge is 2.14. The van der Waals surface area contributed by atoms with Gasteiger partial charge in [-0.05, 0) is 53.7 Å². The van der Waals surface area contributed by atoms with Gasteiger partial charge in [-0.1, -0.05) is 55.5 Å². The number of allylic oxidation sites excluding steroid dienone is 5. The molecule has 0 heterocycles. The zero-order valence-electron chi connectivity index (χ0n) is 14.8. The third-order valence-corrected chi connectivity index (χ3v) is 4.82. The van der Waals surface area contributed by atoms with Crippen LogP contribution in [-0.4, -0.2) is 6.29 Å². The summed E-state index contributed by atoms with van der Waals surface area (Å²) in [7, 11) is 0. The lowest BCUT2D eigenvalue weighted by molar-refractivity contribution is -0.104. The first-order valence-corrected chi connectivity index (χ1v) is 8.60. The number of aldehydes is 1. The number of carbonyl (C=O) groups excluding carboxylic acids is 1. The number of halogens is 2. The Morgan fingerprint density at radius 3 is 2.54 bits per heavy atom. The maximum atomic E-state index is 14.2. The van der Waals surface area contributed by atoms with Crippen LogP contribution in [0.15, 0.2) is 65.8 Å². The second kappa shape index (κ2) is 7.61. The van der Waals surface area contributed by atoms with Gasteiger partial charge in [-0.15, -0.1) is 0 Å². The molecule has 1 atom stereocenters. The molecule has 0 saturated heterocycles. The van der Waals surface area contributed by atoms with Crippen LogP contribution in [-0.2, 0) is 4.79 Å². The van der Waals surface area contributed by atoms with E-state index < -0.39 is 11.6 Å². The van der Waals surface area contributed by atoms with E-state index in [2.05, 4.69) is 6.92 Å². The van der Waals surface area contributed by atoms with Crippen molar-refractivity contribution in [3.8, 4) is 11.1 Å². The Morgan fingerprint density at radius 1 is 1.04 bits per heavy atom. The zero-order chi connectivity index (χ0) is 18.7. The van der Waals surface area contributed by atoms with Crippen molar-refractivity contribution in [3.63, 3.8) is 0 Å². The van der Waals surface area contributed by atoms with Crippen molar-refractivity contribution >= 4 is 12.4 Å². The highest BCUT2D eigenvalue weighted by Crippen LogP contribution is 2.30. The summed E-state index contributed by atoms with van der Waals surface area (Å²) in [6.45, 7) is 4.01. The van der Waals surface area contributed by atoms with E-state index in [0.717, 1.165) is 35.5 Å². The van der Waals surface area contributed by atoms with E-state index in [1.165, 1.54) is 6.07 Å². The fourth-order valence-corrected chi connectivity index (χ4v) is 3.16. The van der Waals surface area contributed by atoms with Gasteiger partial charge in [0.1, 0.15) is 6.29 Å². The quantitative estimate of drug-likeness (QED) is 0.614. The summed E-state index contributed by atoms with van der Waals surface area (Å²) < 4.78 is 27.7. The van der Waals surface area contributed by atoms with Gasteiger partial charge >= 0.3 is 0 Å². The Bertz CT molecular complexity index is 935. The van der Waals surface area contributed by atoms with Gasteiger partial charge in [0.15, 0.2) is 11.6 Å². The first-order valence-electron chi connectivity index (χ1n) is 8.60. The maximum Gasteiger partial charge on any atom is 0.166 e. The van der Waals surface area contributed by atoms with Crippen molar-refractivity contribution < 1.29 is 13.6 Å². The van der Waals surface area contributed by atoms with Gasteiger partial charge in [0.05, 0.1) is 0 Å². The zero-order valence-corrected chi connectivity index (χ0v) is 14.8. The van der Waals surface area contributed by atoms with E-state index in [0.29, 0.717) is 17.1 Å². The first kappa shape index (κ1) is 18.0. The van der Waals surface area contributed by atoms with Crippen LogP contribution in [0.25, 0.3) is 17.2 Å². The van der Waals surface area contributed by atoms with Crippen LogP contribution in [0.4, 0.5) is 8.78 Å². The van der Waals surface area contributed by atoms with Crippen molar-refractivity contribution in [1.82, 2.24) is 0 Å². The highest BCUT2D eigenvalue weighted by atomic mass is 19.2. The molecule has 2 aromatic carbocycles. The van der Waals surface area contributed by atoms with Crippen LogP contribution in [0.1, 0.15) is 24.5 Å². The van der Waals surface area contributed by atoms with Crippen LogP contribution in [0.5, 0.6) is 0 Å². The molecule has 3 heteroatoms. The minimum atomic E-state index is -0.850. The fourth-order valence-electron chi connectivity index (χ4n) is 3.16. The molecule has 1 aliphatic carbocycles. The Hall–Kier alpha value is -2.81. The average Bonchev–Trinajstić information content (AvgIpc) is 2.64. The molecule has 26 heavy (non-hydrogen) atoms. The van der Waals surface area contributed by atoms with Gasteiger partial charge < -0.3 is 0 Å². The molecule has 0 spiro atoms. The van der Waals surface area contributed by atoms with Crippen molar-refractivity contribution in [3.05, 3.63) is 88.5 Å². The monoisotopic (exact) mass is 350 g/mol. The lowest BCUT2D eigenvalue weighted by Crippen LogP contribution is -2.02. The number of rotatable bonds is 4. The minimum Gasteiger partial charge on any atom is -0.298 e. The van der Waals surface area contributed by atoms with Gasteiger partial charge in [-0.25, -0.2) is 8.78 Å². The predicted octanol–water partition coefficient (Wildman–Crippen LogP) is 6.04. The molecule has 0 amide bonds. The largest absolute Gasteiger partial charge is 0.298 e. The Morgan fingerprint density at radius 2 is 1.77 bits per heavy atom. The van der Waals surface area contributed by atoms with E-state index >= 15 is 0 Å². The minimum absolute atomic E-state index is 0.258. The van der Waals surface area contributed by atoms with Gasteiger partial charge in [0.2, 0.25) is 0 Å². The third kappa shape index (κ3) is 3.57. The normalized spacial score (nSPS) is 17.2. The van der Waals surface area contributed by atoms with E-state index in [1.807, 2.05) is 43.4 Å². The van der Waals surface area contributed by atoms with E-state index in [1.54, 1.807) is 12.1 Å². The van der Waals surface area contributed by atoms with Crippen LogP contribution in [0, 0.1) is 24.5 Å². The van der Waals surface area contributed by atoms with Gasteiger partial charge in [0.25, 0.3) is 0 Å². The summed E-state index contributed by atoms with van der Waals surface area (Å²) in [5.41, 5.74) is 4.51. The molecule has 0 bridgehead atoms. The summed E-state index contributed by atoms with van der Waals surface area (Å²) >= 11 is 0. The predicted molar refractivity (Wildman–Crippen MR) is 102 cm³/mol. The number of hydrogen-bond acceptors (Lipinski definition) is 1. The summed E-state index contributed by atoms with van der Waals surface area (Å²) in [4.78, 5) is 11.0. The number of benzene rings is 2. The second-order valence-corrected chi connectivity index (χ2v) is 6.56. The molecule has 2 aromatic rings. The average molecular weight is 350 g/mol. The molecule has 1 unspecified atom stereocenters. The Labute approximate surface area is 152 Å². The molecular weight excluding hydrogens is 330 g/mol. The molecule has 1 aliphatic rings. The van der Waals surface area contributed by atoms with Gasteiger partial charge in [-0.3, -0.25) is 4.79 Å². The van der Waals surface area contributed by atoms with Crippen LogP contribution in [0.2, 0.25) is 0 Å². The molecular formula is C23H20F2O. The second-order valence-electron chi connectivity index (χ2n) is 6.56. The maximum absolute atomic E-state index is 14.2.